The van der Waals surface area contributed by atoms with Crippen LogP contribution in [0.25, 0.3) is 0 Å². The fraction of sp³-hybridized carbons (Fsp3) is 0.250. The van der Waals surface area contributed by atoms with Gasteiger partial charge in [-0.05, 0) is 6.92 Å². The highest BCUT2D eigenvalue weighted by Crippen LogP contribution is 2.10. The maximum absolute atomic E-state index is 5.71. The summed E-state index contributed by atoms with van der Waals surface area (Å²) in [4.78, 5) is 8.05. The van der Waals surface area contributed by atoms with Crippen LogP contribution >= 0.6 is 11.6 Å². The predicted molar refractivity (Wildman–Crippen MR) is 50.5 cm³/mol. The first-order valence-electron chi connectivity index (χ1n) is 3.58. The molecule has 0 amide bonds. The first kappa shape index (κ1) is 9.00. The van der Waals surface area contributed by atoms with Crippen LogP contribution in [0, 0.1) is 6.92 Å². The van der Waals surface area contributed by atoms with Crippen molar-refractivity contribution in [3.05, 3.63) is 29.7 Å². The van der Waals surface area contributed by atoms with Gasteiger partial charge < -0.3 is 5.32 Å². The average molecular weight is 184 g/mol. The highest BCUT2D eigenvalue weighted by atomic mass is 35.5. The van der Waals surface area contributed by atoms with Crippen molar-refractivity contribution in [3.8, 4) is 0 Å². The van der Waals surface area contributed by atoms with E-state index in [2.05, 4.69) is 21.9 Å². The van der Waals surface area contributed by atoms with Gasteiger partial charge in [0.15, 0.2) is 0 Å². The monoisotopic (exact) mass is 183 g/mol. The molecule has 1 heterocycles. The molecule has 0 unspecified atom stereocenters. The Labute approximate surface area is 76.5 Å². The van der Waals surface area contributed by atoms with E-state index in [9.17, 15) is 0 Å². The summed E-state index contributed by atoms with van der Waals surface area (Å²) < 4.78 is 0. The van der Waals surface area contributed by atoms with Gasteiger partial charge in [-0.3, -0.25) is 0 Å². The number of halogens is 1. The van der Waals surface area contributed by atoms with Crippen molar-refractivity contribution in [1.82, 2.24) is 9.97 Å². The SMILES string of the molecule is C=CCNc1cc(Cl)nc(C)n1. The normalized spacial score (nSPS) is 9.50. The number of aryl methyl sites for hydroxylation is 1. The van der Waals surface area contributed by atoms with E-state index in [4.69, 9.17) is 11.6 Å². The Morgan fingerprint density at radius 3 is 3.00 bits per heavy atom. The van der Waals surface area contributed by atoms with Crippen molar-refractivity contribution >= 4 is 17.4 Å². The van der Waals surface area contributed by atoms with Crippen molar-refractivity contribution in [2.24, 2.45) is 0 Å². The number of rotatable bonds is 3. The van der Waals surface area contributed by atoms with Gasteiger partial charge in [0.1, 0.15) is 16.8 Å². The standard InChI is InChI=1S/C8H10ClN3/c1-3-4-10-8-5-7(9)11-6(2)12-8/h3,5H,1,4H2,2H3,(H,10,11,12). The summed E-state index contributed by atoms with van der Waals surface area (Å²) in [6, 6.07) is 1.68. The van der Waals surface area contributed by atoms with Crippen LogP contribution in [0.5, 0.6) is 0 Å². The van der Waals surface area contributed by atoms with Crippen LogP contribution in [-0.2, 0) is 0 Å². The number of aromatic nitrogens is 2. The quantitative estimate of drug-likeness (QED) is 0.576. The van der Waals surface area contributed by atoms with Crippen LogP contribution in [0.2, 0.25) is 5.15 Å². The zero-order valence-corrected chi connectivity index (χ0v) is 7.60. The lowest BCUT2D eigenvalue weighted by molar-refractivity contribution is 1.04. The average Bonchev–Trinajstić information content (AvgIpc) is 1.99. The molecule has 1 aromatic heterocycles. The first-order chi connectivity index (χ1) is 5.72. The van der Waals surface area contributed by atoms with Crippen LogP contribution in [-0.4, -0.2) is 16.5 Å². The molecule has 12 heavy (non-hydrogen) atoms. The lowest BCUT2D eigenvalue weighted by Crippen LogP contribution is -2.02. The second-order valence-electron chi connectivity index (χ2n) is 2.29. The maximum atomic E-state index is 5.71. The third-order valence-corrected chi connectivity index (χ3v) is 1.43. The highest BCUT2D eigenvalue weighted by Gasteiger charge is 1.96. The summed E-state index contributed by atoms with van der Waals surface area (Å²) in [5.41, 5.74) is 0. The van der Waals surface area contributed by atoms with E-state index >= 15 is 0 Å². The second-order valence-corrected chi connectivity index (χ2v) is 2.68. The molecule has 0 radical (unpaired) electrons. The van der Waals surface area contributed by atoms with Crippen LogP contribution < -0.4 is 5.32 Å². The molecule has 4 heteroatoms. The molecule has 0 spiro atoms. The summed E-state index contributed by atoms with van der Waals surface area (Å²) >= 11 is 5.71. The zero-order valence-electron chi connectivity index (χ0n) is 6.84. The van der Waals surface area contributed by atoms with Gasteiger partial charge in [-0.2, -0.15) is 0 Å². The van der Waals surface area contributed by atoms with Crippen molar-refractivity contribution in [2.45, 2.75) is 6.92 Å². The molecular weight excluding hydrogens is 174 g/mol. The third-order valence-electron chi connectivity index (χ3n) is 1.23. The van der Waals surface area contributed by atoms with Crippen LogP contribution in [0.15, 0.2) is 18.7 Å². The van der Waals surface area contributed by atoms with E-state index in [0.717, 1.165) is 5.82 Å². The summed E-state index contributed by atoms with van der Waals surface area (Å²) in [6.07, 6.45) is 1.76. The number of nitrogens with zero attached hydrogens (tertiary/aromatic N) is 2. The molecule has 0 aliphatic carbocycles. The van der Waals surface area contributed by atoms with Gasteiger partial charge in [0, 0.05) is 12.6 Å². The van der Waals surface area contributed by atoms with E-state index in [1.54, 1.807) is 19.1 Å². The minimum atomic E-state index is 0.453. The summed E-state index contributed by atoms with van der Waals surface area (Å²) in [6.45, 7) is 6.05. The lowest BCUT2D eigenvalue weighted by Gasteiger charge is -2.02. The molecule has 1 rings (SSSR count). The Balaban J connectivity index is 2.78. The van der Waals surface area contributed by atoms with Gasteiger partial charge in [-0.15, -0.1) is 6.58 Å². The molecular formula is C8H10ClN3. The smallest absolute Gasteiger partial charge is 0.134 e. The van der Waals surface area contributed by atoms with E-state index in [-0.39, 0.29) is 0 Å². The molecule has 64 valence electrons. The van der Waals surface area contributed by atoms with Gasteiger partial charge in [-0.25, -0.2) is 9.97 Å². The number of hydrogen-bond acceptors (Lipinski definition) is 3. The summed E-state index contributed by atoms with van der Waals surface area (Å²) in [7, 11) is 0. The van der Waals surface area contributed by atoms with Crippen molar-refractivity contribution in [2.75, 3.05) is 11.9 Å². The van der Waals surface area contributed by atoms with E-state index in [1.165, 1.54) is 0 Å². The molecule has 0 atom stereocenters. The molecule has 0 aliphatic heterocycles. The molecule has 0 saturated heterocycles. The van der Waals surface area contributed by atoms with Crippen molar-refractivity contribution in [3.63, 3.8) is 0 Å². The topological polar surface area (TPSA) is 37.8 Å². The van der Waals surface area contributed by atoms with Gasteiger partial charge in [0.05, 0.1) is 0 Å². The largest absolute Gasteiger partial charge is 0.366 e. The molecule has 0 aromatic carbocycles. The fourth-order valence-corrected chi connectivity index (χ4v) is 1.02. The lowest BCUT2D eigenvalue weighted by atomic mass is 10.5. The molecule has 0 saturated carbocycles. The maximum Gasteiger partial charge on any atom is 0.134 e. The van der Waals surface area contributed by atoms with Gasteiger partial charge in [-0.1, -0.05) is 17.7 Å². The molecule has 1 N–H and O–H groups in total. The first-order valence-corrected chi connectivity index (χ1v) is 3.96. The van der Waals surface area contributed by atoms with Crippen molar-refractivity contribution < 1.29 is 0 Å². The Bertz CT molecular complexity index is 265. The Hall–Kier alpha value is -1.09. The molecule has 0 bridgehead atoms. The van der Waals surface area contributed by atoms with Crippen LogP contribution in [0.3, 0.4) is 0 Å². The van der Waals surface area contributed by atoms with E-state index in [0.29, 0.717) is 17.5 Å². The zero-order chi connectivity index (χ0) is 8.97. The third kappa shape index (κ3) is 2.51. The predicted octanol–water partition coefficient (Wildman–Crippen LogP) is 2.04. The summed E-state index contributed by atoms with van der Waals surface area (Å²) in [5.74, 6) is 1.39. The Morgan fingerprint density at radius 1 is 1.67 bits per heavy atom. The number of nitrogens with one attached hydrogen (secondary N) is 1. The molecule has 0 aliphatic rings. The fourth-order valence-electron chi connectivity index (χ4n) is 0.799. The second kappa shape index (κ2) is 4.07. The van der Waals surface area contributed by atoms with Crippen molar-refractivity contribution in [1.29, 1.82) is 0 Å². The summed E-state index contributed by atoms with van der Waals surface area (Å²) in [5, 5.41) is 3.48. The number of anilines is 1. The Kier molecular flexibility index (Phi) is 3.05. The van der Waals surface area contributed by atoms with Crippen LogP contribution in [0.1, 0.15) is 5.82 Å². The molecule has 3 nitrogen and oxygen atoms in total. The van der Waals surface area contributed by atoms with Gasteiger partial charge >= 0.3 is 0 Å². The highest BCUT2D eigenvalue weighted by molar-refractivity contribution is 6.29. The molecule has 0 fully saturated rings. The van der Waals surface area contributed by atoms with E-state index in [1.807, 2.05) is 0 Å². The van der Waals surface area contributed by atoms with Crippen LogP contribution in [0.4, 0.5) is 5.82 Å². The molecule has 1 aromatic rings. The number of hydrogen-bond donors (Lipinski definition) is 1. The van der Waals surface area contributed by atoms with Gasteiger partial charge in [0.2, 0.25) is 0 Å². The Morgan fingerprint density at radius 2 is 2.42 bits per heavy atom. The minimum absolute atomic E-state index is 0.453. The van der Waals surface area contributed by atoms with Gasteiger partial charge in [0.25, 0.3) is 0 Å². The minimum Gasteiger partial charge on any atom is -0.366 e. The van der Waals surface area contributed by atoms with E-state index < -0.39 is 0 Å².